The first-order valence-electron chi connectivity index (χ1n) is 6.23. The lowest BCUT2D eigenvalue weighted by molar-refractivity contribution is 0.102. The number of halogens is 1. The van der Waals surface area contributed by atoms with Gasteiger partial charge in [-0.05, 0) is 58.7 Å². The van der Waals surface area contributed by atoms with Crippen LogP contribution in [-0.4, -0.2) is 10.9 Å². The van der Waals surface area contributed by atoms with Gasteiger partial charge in [-0.2, -0.15) is 0 Å². The summed E-state index contributed by atoms with van der Waals surface area (Å²) in [4.78, 5) is 25.9. The number of oxazole rings is 1. The number of hydrogen-bond donors (Lipinski definition) is 2. The topological polar surface area (TPSA) is 75.1 Å². The first kappa shape index (κ1) is 13.6. The maximum Gasteiger partial charge on any atom is 0.417 e. The third kappa shape index (κ3) is 2.75. The molecule has 3 aromatic rings. The molecule has 2 aromatic carbocycles. The molecule has 1 amide bonds. The minimum absolute atomic E-state index is 0.230. The molecule has 1 heterocycles. The number of carbonyl (C=O) groups excluding carboxylic acids is 1. The Kier molecular flexibility index (Phi) is 3.39. The number of carbonyl (C=O) groups is 1. The molecular formula is C15H11BrN2O3. The van der Waals surface area contributed by atoms with Gasteiger partial charge in [0.2, 0.25) is 0 Å². The Balaban J connectivity index is 1.90. The summed E-state index contributed by atoms with van der Waals surface area (Å²) in [5.74, 6) is -0.748. The molecule has 1 aromatic heterocycles. The average Bonchev–Trinajstić information content (AvgIpc) is 2.77. The Labute approximate surface area is 128 Å². The fourth-order valence-electron chi connectivity index (χ4n) is 2.03. The van der Waals surface area contributed by atoms with Gasteiger partial charge in [-0.25, -0.2) is 4.79 Å². The highest BCUT2D eigenvalue weighted by Crippen LogP contribution is 2.21. The summed E-state index contributed by atoms with van der Waals surface area (Å²) in [6.45, 7) is 1.95. The van der Waals surface area contributed by atoms with Gasteiger partial charge in [0.05, 0.1) is 11.1 Å². The van der Waals surface area contributed by atoms with E-state index in [9.17, 15) is 9.59 Å². The molecule has 0 radical (unpaired) electrons. The predicted molar refractivity (Wildman–Crippen MR) is 83.7 cm³/mol. The number of aromatic amines is 1. The number of hydrogen-bond acceptors (Lipinski definition) is 3. The number of amides is 1. The van der Waals surface area contributed by atoms with Crippen LogP contribution < -0.4 is 11.1 Å². The molecule has 0 aliphatic rings. The molecule has 0 spiro atoms. The molecule has 0 aliphatic heterocycles. The van der Waals surface area contributed by atoms with Crippen LogP contribution in [-0.2, 0) is 0 Å². The fraction of sp³-hybridized carbons (Fsp3) is 0.0667. The maximum atomic E-state index is 12.3. The largest absolute Gasteiger partial charge is 0.417 e. The van der Waals surface area contributed by atoms with Gasteiger partial charge in [-0.3, -0.25) is 9.78 Å². The van der Waals surface area contributed by atoms with E-state index in [2.05, 4.69) is 26.2 Å². The number of anilines is 1. The molecule has 0 saturated carbocycles. The average molecular weight is 347 g/mol. The van der Waals surface area contributed by atoms with Gasteiger partial charge in [0.25, 0.3) is 5.91 Å². The van der Waals surface area contributed by atoms with Crippen molar-refractivity contribution in [3.8, 4) is 0 Å². The SMILES string of the molecule is Cc1ccc(C(=O)Nc2ccc3oc(=O)[nH]c3c2)c(Br)c1. The highest BCUT2D eigenvalue weighted by Gasteiger charge is 2.11. The van der Waals surface area contributed by atoms with Crippen molar-refractivity contribution in [3.05, 3.63) is 62.5 Å². The third-order valence-electron chi connectivity index (χ3n) is 3.05. The summed E-state index contributed by atoms with van der Waals surface area (Å²) in [6.07, 6.45) is 0. The van der Waals surface area contributed by atoms with E-state index in [1.807, 2.05) is 19.1 Å². The van der Waals surface area contributed by atoms with Gasteiger partial charge in [-0.15, -0.1) is 0 Å². The number of aryl methyl sites for hydroxylation is 1. The highest BCUT2D eigenvalue weighted by atomic mass is 79.9. The van der Waals surface area contributed by atoms with Crippen LogP contribution in [0.3, 0.4) is 0 Å². The molecular weight excluding hydrogens is 336 g/mol. The molecule has 0 fully saturated rings. The zero-order chi connectivity index (χ0) is 15.0. The van der Waals surface area contributed by atoms with E-state index in [-0.39, 0.29) is 5.91 Å². The second kappa shape index (κ2) is 5.21. The van der Waals surface area contributed by atoms with Crippen LogP contribution in [0.4, 0.5) is 5.69 Å². The number of benzene rings is 2. The Morgan fingerprint density at radius 3 is 2.81 bits per heavy atom. The number of rotatable bonds is 2. The minimum atomic E-state index is -0.519. The molecule has 0 unspecified atom stereocenters. The highest BCUT2D eigenvalue weighted by molar-refractivity contribution is 9.10. The summed E-state index contributed by atoms with van der Waals surface area (Å²) < 4.78 is 5.65. The minimum Gasteiger partial charge on any atom is -0.408 e. The smallest absolute Gasteiger partial charge is 0.408 e. The Bertz CT molecular complexity index is 895. The zero-order valence-electron chi connectivity index (χ0n) is 11.1. The van der Waals surface area contributed by atoms with E-state index < -0.39 is 5.76 Å². The zero-order valence-corrected chi connectivity index (χ0v) is 12.7. The van der Waals surface area contributed by atoms with E-state index in [0.29, 0.717) is 22.4 Å². The second-order valence-electron chi connectivity index (χ2n) is 4.66. The van der Waals surface area contributed by atoms with E-state index in [0.717, 1.165) is 10.0 Å². The van der Waals surface area contributed by atoms with Crippen LogP contribution in [0.25, 0.3) is 11.1 Å². The molecule has 0 aliphatic carbocycles. The predicted octanol–water partition coefficient (Wildman–Crippen LogP) is 3.44. The maximum absolute atomic E-state index is 12.3. The van der Waals surface area contributed by atoms with E-state index in [1.165, 1.54) is 0 Å². The standard InChI is InChI=1S/C15H11BrN2O3/c1-8-2-4-10(11(16)6-8)14(19)17-9-3-5-13-12(7-9)18-15(20)21-13/h2-7H,1H3,(H,17,19)(H,18,20). The van der Waals surface area contributed by atoms with Crippen molar-refractivity contribution in [2.24, 2.45) is 0 Å². The Hall–Kier alpha value is -2.34. The number of aromatic nitrogens is 1. The first-order chi connectivity index (χ1) is 10.0. The van der Waals surface area contributed by atoms with Gasteiger partial charge in [0, 0.05) is 10.2 Å². The summed E-state index contributed by atoms with van der Waals surface area (Å²) in [5.41, 5.74) is 3.18. The number of H-pyrrole nitrogens is 1. The normalized spacial score (nSPS) is 10.8. The van der Waals surface area contributed by atoms with Crippen LogP contribution in [0, 0.1) is 6.92 Å². The molecule has 0 saturated heterocycles. The van der Waals surface area contributed by atoms with Crippen molar-refractivity contribution in [1.82, 2.24) is 4.98 Å². The van der Waals surface area contributed by atoms with Crippen LogP contribution >= 0.6 is 15.9 Å². The van der Waals surface area contributed by atoms with Crippen molar-refractivity contribution in [1.29, 1.82) is 0 Å². The summed E-state index contributed by atoms with van der Waals surface area (Å²) in [6, 6.07) is 10.5. The molecule has 2 N–H and O–H groups in total. The van der Waals surface area contributed by atoms with Crippen LogP contribution in [0.2, 0.25) is 0 Å². The summed E-state index contributed by atoms with van der Waals surface area (Å²) in [7, 11) is 0. The quantitative estimate of drug-likeness (QED) is 0.746. The molecule has 0 bridgehead atoms. The number of nitrogens with one attached hydrogen (secondary N) is 2. The van der Waals surface area contributed by atoms with E-state index in [4.69, 9.17) is 4.42 Å². The Morgan fingerprint density at radius 2 is 2.05 bits per heavy atom. The van der Waals surface area contributed by atoms with Crippen LogP contribution in [0.15, 0.2) is 50.1 Å². The van der Waals surface area contributed by atoms with E-state index >= 15 is 0 Å². The first-order valence-corrected chi connectivity index (χ1v) is 7.02. The third-order valence-corrected chi connectivity index (χ3v) is 3.70. The van der Waals surface area contributed by atoms with Crippen LogP contribution in [0.1, 0.15) is 15.9 Å². The molecule has 3 rings (SSSR count). The van der Waals surface area contributed by atoms with Crippen molar-refractivity contribution < 1.29 is 9.21 Å². The lowest BCUT2D eigenvalue weighted by atomic mass is 10.1. The van der Waals surface area contributed by atoms with Crippen molar-refractivity contribution in [2.45, 2.75) is 6.92 Å². The molecule has 0 atom stereocenters. The monoisotopic (exact) mass is 346 g/mol. The van der Waals surface area contributed by atoms with Gasteiger partial charge in [0.15, 0.2) is 5.58 Å². The van der Waals surface area contributed by atoms with Gasteiger partial charge >= 0.3 is 5.76 Å². The van der Waals surface area contributed by atoms with Gasteiger partial charge < -0.3 is 9.73 Å². The van der Waals surface area contributed by atoms with E-state index in [1.54, 1.807) is 24.3 Å². The lowest BCUT2D eigenvalue weighted by Crippen LogP contribution is -2.12. The van der Waals surface area contributed by atoms with Crippen molar-refractivity contribution >= 4 is 38.6 Å². The number of fused-ring (bicyclic) bond motifs is 1. The van der Waals surface area contributed by atoms with Crippen molar-refractivity contribution in [2.75, 3.05) is 5.32 Å². The van der Waals surface area contributed by atoms with Gasteiger partial charge in [-0.1, -0.05) is 6.07 Å². The summed E-state index contributed by atoms with van der Waals surface area (Å²) >= 11 is 3.38. The molecule has 21 heavy (non-hydrogen) atoms. The second-order valence-corrected chi connectivity index (χ2v) is 5.52. The fourth-order valence-corrected chi connectivity index (χ4v) is 2.71. The lowest BCUT2D eigenvalue weighted by Gasteiger charge is -2.07. The summed E-state index contributed by atoms with van der Waals surface area (Å²) in [5, 5.41) is 2.79. The van der Waals surface area contributed by atoms with Gasteiger partial charge in [0.1, 0.15) is 0 Å². The molecule has 5 nitrogen and oxygen atoms in total. The van der Waals surface area contributed by atoms with Crippen molar-refractivity contribution in [3.63, 3.8) is 0 Å². The molecule has 6 heteroatoms. The molecule has 106 valence electrons. The Morgan fingerprint density at radius 1 is 1.24 bits per heavy atom. The van der Waals surface area contributed by atoms with Crippen LogP contribution in [0.5, 0.6) is 0 Å².